The third kappa shape index (κ3) is 6.05. The van der Waals surface area contributed by atoms with Crippen molar-refractivity contribution in [3.05, 3.63) is 120 Å². The number of amides is 3. The number of fused-ring (bicyclic) bond motifs is 7. The molecule has 3 aromatic carbocycles. The predicted octanol–water partition coefficient (Wildman–Crippen LogP) is 7.73. The van der Waals surface area contributed by atoms with Crippen LogP contribution in [0.3, 0.4) is 0 Å². The van der Waals surface area contributed by atoms with E-state index in [0.717, 1.165) is 29.5 Å². The van der Waals surface area contributed by atoms with Crippen LogP contribution in [0.5, 0.6) is 0 Å². The Kier molecular flexibility index (Phi) is 9.26. The number of carbonyl (C=O) groups excluding carboxylic acids is 3. The first-order valence-corrected chi connectivity index (χ1v) is 20.3. The largest absolute Gasteiger partial charge is 0.351 e. The molecule has 3 amide bonds. The van der Waals surface area contributed by atoms with Crippen LogP contribution in [0.1, 0.15) is 101 Å². The van der Waals surface area contributed by atoms with Gasteiger partial charge in [0.1, 0.15) is 0 Å². The summed E-state index contributed by atoms with van der Waals surface area (Å²) in [6.07, 6.45) is 11.3. The zero-order valence-electron chi connectivity index (χ0n) is 32.2. The number of ether oxygens (including phenoxy) is 3. The maximum Gasteiger partial charge on any atom is 0.249 e. The minimum Gasteiger partial charge on any atom is -0.351 e. The zero-order valence-corrected chi connectivity index (χ0v) is 32.2. The van der Waals surface area contributed by atoms with Gasteiger partial charge >= 0.3 is 0 Å². The van der Waals surface area contributed by atoms with Gasteiger partial charge in [-0.15, -0.1) is 0 Å². The Morgan fingerprint density at radius 2 is 0.982 bits per heavy atom. The van der Waals surface area contributed by atoms with Gasteiger partial charge in [-0.25, -0.2) is 0 Å². The Morgan fingerprint density at radius 1 is 0.527 bits per heavy atom. The lowest BCUT2D eigenvalue weighted by Gasteiger charge is -2.34. The molecule has 0 spiro atoms. The Hall–Kier alpha value is -4.31. The lowest BCUT2D eigenvalue weighted by atomic mass is 9.75. The summed E-state index contributed by atoms with van der Waals surface area (Å²) in [6, 6.07) is 30.1. The van der Waals surface area contributed by atoms with E-state index in [2.05, 4.69) is 30.9 Å². The quantitative estimate of drug-likeness (QED) is 0.273. The van der Waals surface area contributed by atoms with Gasteiger partial charge in [0.2, 0.25) is 17.7 Å². The monoisotopic (exact) mass is 743 g/mol. The van der Waals surface area contributed by atoms with Crippen molar-refractivity contribution in [3.8, 4) is 0 Å². The van der Waals surface area contributed by atoms with E-state index in [0.29, 0.717) is 43.5 Å². The van der Waals surface area contributed by atoms with Crippen LogP contribution in [0.25, 0.3) is 0 Å². The van der Waals surface area contributed by atoms with Crippen molar-refractivity contribution in [2.75, 3.05) is 19.8 Å². The van der Waals surface area contributed by atoms with Crippen LogP contribution < -0.4 is 0 Å². The van der Waals surface area contributed by atoms with Crippen LogP contribution in [0.2, 0.25) is 0 Å². The molecule has 0 bridgehead atoms. The molecule has 9 heteroatoms. The van der Waals surface area contributed by atoms with Gasteiger partial charge in [-0.3, -0.25) is 19.3 Å². The molecule has 10 atom stereocenters. The molecule has 8 aliphatic rings. The number of piperidine rings is 1. The Morgan fingerprint density at radius 3 is 1.53 bits per heavy atom. The number of benzene rings is 3. The molecule has 3 aromatic rings. The molecule has 0 N–H and O–H groups in total. The minimum atomic E-state index is -0.266. The van der Waals surface area contributed by atoms with E-state index in [1.54, 1.807) is 6.08 Å². The molecule has 7 unspecified atom stereocenters. The molecule has 288 valence electrons. The van der Waals surface area contributed by atoms with Crippen molar-refractivity contribution in [2.24, 2.45) is 23.7 Å². The summed E-state index contributed by atoms with van der Waals surface area (Å²) in [7, 11) is 0. The zero-order chi connectivity index (χ0) is 38.0. The lowest BCUT2D eigenvalue weighted by molar-refractivity contribution is -0.139. The standard InChI is InChI=1S/C19H25NO2.C14H15NO2.C13H13NO2/c1-19-13-22-18(14-9-5-4-6-10-14)20(19)17(21)15-11-7-2-3-8-12-16(15)19;1-14-8-17-13(9-5-3-2-4-6-9)15(14)12(16)10-7-11(10)14;1-13-8-7-11(15)14(13)12(16-9-13)10-5-3-2-4-6-10/h4-6,9-10,15-16,18H,2-3,7-8,11-13H2,1H3;2-6,10-11,13H,7-8H2,1H3;2-8,12H,9H2,1H3/t15?,16?,18?,19-;10?,11?,13?,14-;12?,13-/m001/s1. The van der Waals surface area contributed by atoms with Crippen LogP contribution in [-0.4, -0.2) is 68.9 Å². The highest BCUT2D eigenvalue weighted by Crippen LogP contribution is 2.61. The summed E-state index contributed by atoms with van der Waals surface area (Å²) in [5.74, 6) is 2.17. The van der Waals surface area contributed by atoms with Crippen molar-refractivity contribution in [3.63, 3.8) is 0 Å². The molecule has 9 nitrogen and oxygen atoms in total. The summed E-state index contributed by atoms with van der Waals surface area (Å²) in [5, 5.41) is 0. The first kappa shape index (κ1) is 36.3. The number of hydrogen-bond acceptors (Lipinski definition) is 6. The molecule has 2 aliphatic carbocycles. The summed E-state index contributed by atoms with van der Waals surface area (Å²) in [4.78, 5) is 43.1. The number of carbonyl (C=O) groups is 3. The van der Waals surface area contributed by atoms with Gasteiger partial charge in [-0.2, -0.15) is 0 Å². The van der Waals surface area contributed by atoms with Gasteiger partial charge in [0.25, 0.3) is 0 Å². The molecular formula is C46H53N3O6. The second-order valence-corrected chi connectivity index (χ2v) is 17.4. The lowest BCUT2D eigenvalue weighted by Crippen LogP contribution is -2.44. The van der Waals surface area contributed by atoms with Crippen molar-refractivity contribution in [1.82, 2.24) is 14.7 Å². The van der Waals surface area contributed by atoms with Crippen LogP contribution in [0, 0.1) is 23.7 Å². The maximum atomic E-state index is 13.1. The average Bonchev–Trinajstić information content (AvgIpc) is 3.32. The minimum absolute atomic E-state index is 0.0360. The van der Waals surface area contributed by atoms with E-state index >= 15 is 0 Å². The van der Waals surface area contributed by atoms with Crippen molar-refractivity contribution < 1.29 is 28.6 Å². The van der Waals surface area contributed by atoms with Crippen LogP contribution >= 0.6 is 0 Å². The van der Waals surface area contributed by atoms with Gasteiger partial charge in [-0.1, -0.05) is 123 Å². The van der Waals surface area contributed by atoms with Gasteiger partial charge in [0, 0.05) is 34.6 Å². The molecule has 6 heterocycles. The fraction of sp³-hybridized carbons (Fsp3) is 0.500. The molecule has 55 heavy (non-hydrogen) atoms. The SMILES string of the molecule is C[C@@]12COC(c3ccccc3)N1C(=O)C1CC12.C[C@@]12COC(c3ccccc3)N1C(=O)C1CCCCCCC12.C[C@]12C=CC(=O)N1C(c1ccccc1)OC2. The summed E-state index contributed by atoms with van der Waals surface area (Å²) in [5.41, 5.74) is 2.79. The van der Waals surface area contributed by atoms with Gasteiger partial charge in [0.05, 0.1) is 36.4 Å². The van der Waals surface area contributed by atoms with Gasteiger partial charge < -0.3 is 24.0 Å². The molecule has 7 fully saturated rings. The highest BCUT2D eigenvalue weighted by Gasteiger charge is 2.69. The molecule has 2 saturated carbocycles. The number of hydrogen-bond donors (Lipinski definition) is 0. The molecular weight excluding hydrogens is 691 g/mol. The fourth-order valence-corrected chi connectivity index (χ4v) is 10.7. The first-order chi connectivity index (χ1) is 26.6. The smallest absolute Gasteiger partial charge is 0.249 e. The molecule has 0 aromatic heterocycles. The summed E-state index contributed by atoms with van der Waals surface area (Å²) >= 11 is 0. The molecule has 5 saturated heterocycles. The van der Waals surface area contributed by atoms with Crippen molar-refractivity contribution in [1.29, 1.82) is 0 Å². The van der Waals surface area contributed by atoms with Crippen LogP contribution in [-0.2, 0) is 28.6 Å². The second-order valence-electron chi connectivity index (χ2n) is 17.4. The molecule has 11 rings (SSSR count). The molecule has 6 aliphatic heterocycles. The topological polar surface area (TPSA) is 88.6 Å². The highest BCUT2D eigenvalue weighted by atomic mass is 16.5. The Bertz CT molecular complexity index is 1940. The van der Waals surface area contributed by atoms with E-state index < -0.39 is 0 Å². The summed E-state index contributed by atoms with van der Waals surface area (Å²) < 4.78 is 17.7. The third-order valence-electron chi connectivity index (χ3n) is 13.8. The fourth-order valence-electron chi connectivity index (χ4n) is 10.7. The van der Waals surface area contributed by atoms with Crippen LogP contribution in [0.4, 0.5) is 0 Å². The van der Waals surface area contributed by atoms with Crippen molar-refractivity contribution in [2.45, 2.75) is 101 Å². The van der Waals surface area contributed by atoms with Crippen molar-refractivity contribution >= 4 is 17.7 Å². The Labute approximate surface area is 324 Å². The van der Waals surface area contributed by atoms with E-state index in [1.807, 2.05) is 102 Å². The molecule has 0 radical (unpaired) electrons. The first-order valence-electron chi connectivity index (χ1n) is 20.3. The third-order valence-corrected chi connectivity index (χ3v) is 13.8. The van der Waals surface area contributed by atoms with Gasteiger partial charge in [-0.05, 0) is 51.9 Å². The van der Waals surface area contributed by atoms with Gasteiger partial charge in [0.15, 0.2) is 18.7 Å². The maximum absolute atomic E-state index is 13.1. The normalized spacial score (nSPS) is 37.8. The predicted molar refractivity (Wildman–Crippen MR) is 207 cm³/mol. The average molecular weight is 744 g/mol. The van der Waals surface area contributed by atoms with E-state index in [4.69, 9.17) is 14.2 Å². The Balaban J connectivity index is 0.000000110. The van der Waals surface area contributed by atoms with Crippen LogP contribution in [0.15, 0.2) is 103 Å². The number of nitrogens with zero attached hydrogens (tertiary/aromatic N) is 3. The highest BCUT2D eigenvalue weighted by molar-refractivity contribution is 5.92. The second kappa shape index (κ2) is 14.0. The van der Waals surface area contributed by atoms with E-state index in [1.165, 1.54) is 32.1 Å². The van der Waals surface area contributed by atoms with E-state index in [9.17, 15) is 14.4 Å². The number of rotatable bonds is 3. The van der Waals surface area contributed by atoms with E-state index in [-0.39, 0.29) is 53.0 Å². The summed E-state index contributed by atoms with van der Waals surface area (Å²) in [6.45, 7) is 8.37.